The second kappa shape index (κ2) is 18.9. The number of likely N-dealkylation sites (tertiary alicyclic amines) is 1. The minimum Gasteiger partial charge on any atom is -0.444 e. The van der Waals surface area contributed by atoms with Crippen molar-refractivity contribution >= 4 is 35.4 Å². The Balaban J connectivity index is 1.34. The van der Waals surface area contributed by atoms with Crippen molar-refractivity contribution in [2.45, 2.75) is 83.5 Å². The molecule has 60 heavy (non-hydrogen) atoms. The van der Waals surface area contributed by atoms with Crippen LogP contribution in [0.2, 0.25) is 0 Å². The monoisotopic (exact) mass is 836 g/mol. The van der Waals surface area contributed by atoms with Crippen LogP contribution in [0.5, 0.6) is 0 Å². The van der Waals surface area contributed by atoms with E-state index in [0.29, 0.717) is 18.4 Å². The molecular weight excluding hydrogens is 788 g/mol. The van der Waals surface area contributed by atoms with Crippen LogP contribution in [0, 0.1) is 11.7 Å². The van der Waals surface area contributed by atoms with Crippen molar-refractivity contribution in [3.8, 4) is 0 Å². The molecule has 17 heteroatoms. The van der Waals surface area contributed by atoms with Crippen molar-refractivity contribution in [3.05, 3.63) is 119 Å². The van der Waals surface area contributed by atoms with Gasteiger partial charge in [-0.1, -0.05) is 42.5 Å². The lowest BCUT2D eigenvalue weighted by atomic mass is 9.88. The maximum Gasteiger partial charge on any atom is 0.416 e. The van der Waals surface area contributed by atoms with Crippen LogP contribution >= 0.6 is 0 Å². The van der Waals surface area contributed by atoms with Gasteiger partial charge in [0.25, 0.3) is 5.91 Å². The fraction of sp³-hybridized carbons (Fsp3) is 0.395. The molecule has 1 aliphatic rings. The Morgan fingerprint density at radius 3 is 2.10 bits per heavy atom. The van der Waals surface area contributed by atoms with Gasteiger partial charge in [-0.05, 0) is 95.0 Å². The van der Waals surface area contributed by atoms with Crippen LogP contribution in [0.4, 0.5) is 28.2 Å². The van der Waals surface area contributed by atoms with Gasteiger partial charge in [0, 0.05) is 30.8 Å². The predicted octanol–water partition coefficient (Wildman–Crippen LogP) is 6.70. The molecule has 1 unspecified atom stereocenters. The number of carbonyl (C=O) groups is 5. The number of anilines is 1. The molecule has 3 N–H and O–H groups in total. The smallest absolute Gasteiger partial charge is 0.416 e. The molecule has 0 bridgehead atoms. The lowest BCUT2D eigenvalue weighted by Crippen LogP contribution is -2.59. The number of carbonyl (C=O) groups excluding carboxylic acids is 5. The van der Waals surface area contributed by atoms with E-state index in [1.807, 2.05) is 30.3 Å². The number of Topliss-reactive ketones (excluding diaryl/α,β-unsaturated/α-hetero) is 1. The van der Waals surface area contributed by atoms with Crippen molar-refractivity contribution in [2.75, 3.05) is 25.0 Å². The van der Waals surface area contributed by atoms with Crippen LogP contribution in [0.15, 0.2) is 91.4 Å². The number of ether oxygens (including phenoxy) is 2. The third-order valence-corrected chi connectivity index (χ3v) is 9.64. The summed E-state index contributed by atoms with van der Waals surface area (Å²) in [5.74, 6) is -3.13. The summed E-state index contributed by atoms with van der Waals surface area (Å²) in [4.78, 5) is 72.9. The molecule has 0 aliphatic carbocycles. The fourth-order valence-electron chi connectivity index (χ4n) is 6.44. The van der Waals surface area contributed by atoms with E-state index in [2.05, 4.69) is 20.9 Å². The summed E-state index contributed by atoms with van der Waals surface area (Å²) in [6, 6.07) is 15.9. The normalized spacial score (nSPS) is 14.8. The number of piperidine rings is 1. The first kappa shape index (κ1) is 45.0. The lowest BCUT2D eigenvalue weighted by molar-refractivity contribution is -0.137. The van der Waals surface area contributed by atoms with E-state index < -0.39 is 70.5 Å². The Hall–Kier alpha value is -6.10. The van der Waals surface area contributed by atoms with Crippen LogP contribution in [0.1, 0.15) is 80.6 Å². The molecule has 1 aliphatic heterocycles. The van der Waals surface area contributed by atoms with Crippen molar-refractivity contribution in [1.82, 2.24) is 25.1 Å². The number of benzene rings is 3. The molecule has 5 rings (SSSR count). The van der Waals surface area contributed by atoms with Gasteiger partial charge in [0.05, 0.1) is 25.1 Å². The largest absolute Gasteiger partial charge is 0.444 e. The molecule has 0 spiro atoms. The predicted molar refractivity (Wildman–Crippen MR) is 212 cm³/mol. The zero-order valence-electron chi connectivity index (χ0n) is 33.8. The summed E-state index contributed by atoms with van der Waals surface area (Å²) in [6.07, 6.45) is -2.29. The maximum absolute atomic E-state index is 14.2. The van der Waals surface area contributed by atoms with Crippen LogP contribution in [0.25, 0.3) is 0 Å². The molecule has 2 atom stereocenters. The molecule has 0 radical (unpaired) electrons. The number of alkyl halides is 3. The van der Waals surface area contributed by atoms with Gasteiger partial charge in [0.2, 0.25) is 11.8 Å². The van der Waals surface area contributed by atoms with Crippen LogP contribution < -0.4 is 16.0 Å². The van der Waals surface area contributed by atoms with Crippen LogP contribution in [-0.2, 0) is 36.6 Å². The minimum atomic E-state index is -4.62. The van der Waals surface area contributed by atoms with Gasteiger partial charge >= 0.3 is 12.3 Å². The second-order valence-electron chi connectivity index (χ2n) is 16.0. The summed E-state index contributed by atoms with van der Waals surface area (Å²) < 4.78 is 66.4. The van der Waals surface area contributed by atoms with E-state index in [9.17, 15) is 41.5 Å². The van der Waals surface area contributed by atoms with Gasteiger partial charge in [-0.25, -0.2) is 14.2 Å². The van der Waals surface area contributed by atoms with Gasteiger partial charge in [-0.15, -0.1) is 0 Å². The summed E-state index contributed by atoms with van der Waals surface area (Å²) in [6.45, 7) is 7.97. The number of alkyl carbamates (subject to hydrolysis) is 1. The number of rotatable bonds is 14. The molecule has 2 heterocycles. The van der Waals surface area contributed by atoms with Crippen molar-refractivity contribution in [2.24, 2.45) is 5.92 Å². The highest BCUT2D eigenvalue weighted by Crippen LogP contribution is 2.32. The van der Waals surface area contributed by atoms with E-state index in [1.54, 1.807) is 20.8 Å². The topological polar surface area (TPSA) is 161 Å². The first-order valence-electron chi connectivity index (χ1n) is 19.2. The number of nitrogens with zero attached hydrogens (tertiary/aromatic N) is 3. The van der Waals surface area contributed by atoms with Gasteiger partial charge in [-0.3, -0.25) is 19.2 Å². The van der Waals surface area contributed by atoms with Gasteiger partial charge in [0.1, 0.15) is 29.0 Å². The van der Waals surface area contributed by atoms with E-state index >= 15 is 0 Å². The zero-order chi connectivity index (χ0) is 43.8. The number of ketones is 1. The molecule has 4 aromatic rings. The Morgan fingerprint density at radius 2 is 1.50 bits per heavy atom. The Labute approximate surface area is 344 Å². The Kier molecular flexibility index (Phi) is 14.1. The quantitative estimate of drug-likeness (QED) is 0.0936. The highest BCUT2D eigenvalue weighted by Gasteiger charge is 2.37. The molecule has 1 fully saturated rings. The minimum absolute atomic E-state index is 0.0539. The number of hydrogen-bond acceptors (Lipinski definition) is 8. The Morgan fingerprint density at radius 1 is 0.867 bits per heavy atom. The number of nitrogens with one attached hydrogen (secondary N) is 3. The van der Waals surface area contributed by atoms with Crippen LogP contribution in [0.3, 0.4) is 0 Å². The summed E-state index contributed by atoms with van der Waals surface area (Å²) in [5, 5.41) is 7.73. The number of halogens is 4. The van der Waals surface area contributed by atoms with E-state index in [-0.39, 0.29) is 43.5 Å². The van der Waals surface area contributed by atoms with Crippen LogP contribution in [-0.4, -0.2) is 80.9 Å². The molecule has 4 amide bonds. The second-order valence-corrected chi connectivity index (χ2v) is 16.0. The molecular formula is C43H48F4N6O7. The average molecular weight is 837 g/mol. The van der Waals surface area contributed by atoms with Gasteiger partial charge < -0.3 is 34.9 Å². The SMILES string of the molecule is CC(C)(C)OC(=O)NC(C)(C)C(=O)N[C@H](COCc1ccccc1)C(=O)Nc1cn(C(C(=O)N2CCC(C(=O)c3ccc(F)cc3)CC2)c2ccc(C(F)(F)F)cc2)cn1. The highest BCUT2D eigenvalue weighted by atomic mass is 19.4. The number of hydrogen-bond donors (Lipinski definition) is 3. The zero-order valence-corrected chi connectivity index (χ0v) is 33.8. The molecule has 13 nitrogen and oxygen atoms in total. The third-order valence-electron chi connectivity index (χ3n) is 9.64. The molecule has 1 saturated heterocycles. The number of imidazole rings is 1. The summed E-state index contributed by atoms with van der Waals surface area (Å²) in [5.41, 5.74) is -1.94. The number of aromatic nitrogens is 2. The molecule has 3 aromatic carbocycles. The third kappa shape index (κ3) is 12.2. The van der Waals surface area contributed by atoms with E-state index in [4.69, 9.17) is 9.47 Å². The summed E-state index contributed by atoms with van der Waals surface area (Å²) >= 11 is 0. The molecule has 320 valence electrons. The molecule has 0 saturated carbocycles. The fourth-order valence-corrected chi connectivity index (χ4v) is 6.44. The van der Waals surface area contributed by atoms with Crippen molar-refractivity contribution in [3.63, 3.8) is 0 Å². The molecule has 1 aromatic heterocycles. The summed E-state index contributed by atoms with van der Waals surface area (Å²) in [7, 11) is 0. The van der Waals surface area contributed by atoms with Gasteiger partial charge in [-0.2, -0.15) is 13.2 Å². The van der Waals surface area contributed by atoms with Gasteiger partial charge in [0.15, 0.2) is 11.6 Å². The number of amides is 4. The average Bonchev–Trinajstić information content (AvgIpc) is 3.64. The maximum atomic E-state index is 14.2. The van der Waals surface area contributed by atoms with Crippen molar-refractivity contribution < 1.29 is 51.0 Å². The highest BCUT2D eigenvalue weighted by molar-refractivity contribution is 5.99. The first-order chi connectivity index (χ1) is 28.2. The first-order valence-corrected chi connectivity index (χ1v) is 19.2. The van der Waals surface area contributed by atoms with Crippen molar-refractivity contribution in [1.29, 1.82) is 0 Å². The lowest BCUT2D eigenvalue weighted by Gasteiger charge is -2.34. The Bertz CT molecular complexity index is 2130. The van der Waals surface area contributed by atoms with E-state index in [1.165, 1.54) is 72.2 Å². The standard InChI is InChI=1S/C43H48F4N6O7/c1-41(2,3)60-40(58)51-42(4,5)39(57)49-33(25-59-24-27-9-7-6-8-10-27)37(55)50-34-23-53(26-48-34)35(28-11-15-31(16-12-28)43(45,46)47)38(56)52-21-19-30(20-22-52)36(54)29-13-17-32(44)18-14-29/h6-18,23,26,30,33,35H,19-22,24-25H2,1-5H3,(H,49,57)(H,50,55)(H,51,58)/t33-,35?/m1/s1. The van der Waals surface area contributed by atoms with E-state index in [0.717, 1.165) is 17.7 Å².